The van der Waals surface area contributed by atoms with E-state index in [0.29, 0.717) is 18.2 Å². The summed E-state index contributed by atoms with van der Waals surface area (Å²) in [7, 11) is 0. The van der Waals surface area contributed by atoms with Gasteiger partial charge in [0.05, 0.1) is 17.1 Å². The zero-order valence-electron chi connectivity index (χ0n) is 14.8. The standard InChI is InChI=1S/C21H18FN5/c1-15-19(14-27(26-15)18-9-5-8-17(22)12-18)20-10-11-23-21(25-20)24-13-16-6-3-2-4-7-16/h2-12,14H,13H2,1H3,(H,23,24,25). The minimum atomic E-state index is -0.295. The molecule has 0 aliphatic carbocycles. The van der Waals surface area contributed by atoms with E-state index >= 15 is 0 Å². The second kappa shape index (κ2) is 7.37. The molecule has 0 amide bonds. The molecule has 0 radical (unpaired) electrons. The number of aryl methyl sites for hydroxylation is 1. The first-order chi connectivity index (χ1) is 13.2. The molecule has 1 N–H and O–H groups in total. The smallest absolute Gasteiger partial charge is 0.223 e. The number of hydrogen-bond donors (Lipinski definition) is 1. The average molecular weight is 359 g/mol. The van der Waals surface area contributed by atoms with Crippen molar-refractivity contribution in [3.05, 3.63) is 90.1 Å². The number of benzene rings is 2. The number of nitrogens with one attached hydrogen (secondary N) is 1. The third-order valence-corrected chi connectivity index (χ3v) is 4.20. The van der Waals surface area contributed by atoms with Crippen LogP contribution in [0.2, 0.25) is 0 Å². The average Bonchev–Trinajstić information content (AvgIpc) is 3.09. The fraction of sp³-hybridized carbons (Fsp3) is 0.0952. The van der Waals surface area contributed by atoms with Crippen LogP contribution in [0.5, 0.6) is 0 Å². The van der Waals surface area contributed by atoms with E-state index in [0.717, 1.165) is 22.5 Å². The van der Waals surface area contributed by atoms with Crippen molar-refractivity contribution in [2.24, 2.45) is 0 Å². The van der Waals surface area contributed by atoms with E-state index in [2.05, 4.69) is 20.4 Å². The molecule has 2 aromatic heterocycles. The lowest BCUT2D eigenvalue weighted by atomic mass is 10.2. The number of halogens is 1. The predicted molar refractivity (Wildman–Crippen MR) is 103 cm³/mol. The molecular weight excluding hydrogens is 341 g/mol. The Kier molecular flexibility index (Phi) is 4.61. The van der Waals surface area contributed by atoms with Gasteiger partial charge in [-0.25, -0.2) is 19.0 Å². The zero-order valence-corrected chi connectivity index (χ0v) is 14.8. The molecule has 0 fully saturated rings. The molecule has 0 saturated heterocycles. The molecule has 0 atom stereocenters. The summed E-state index contributed by atoms with van der Waals surface area (Å²) in [6.07, 6.45) is 3.57. The Balaban J connectivity index is 1.58. The van der Waals surface area contributed by atoms with Crippen LogP contribution in [0.4, 0.5) is 10.3 Å². The number of aromatic nitrogens is 4. The Morgan fingerprint density at radius 3 is 2.70 bits per heavy atom. The van der Waals surface area contributed by atoms with Crippen LogP contribution < -0.4 is 5.32 Å². The quantitative estimate of drug-likeness (QED) is 0.574. The highest BCUT2D eigenvalue weighted by Crippen LogP contribution is 2.23. The highest BCUT2D eigenvalue weighted by Gasteiger charge is 2.11. The van der Waals surface area contributed by atoms with Crippen molar-refractivity contribution in [1.29, 1.82) is 0 Å². The Labute approximate surface area is 156 Å². The van der Waals surface area contributed by atoms with Gasteiger partial charge in [-0.1, -0.05) is 36.4 Å². The molecule has 0 unspecified atom stereocenters. The molecule has 2 aromatic carbocycles. The lowest BCUT2D eigenvalue weighted by molar-refractivity contribution is 0.625. The van der Waals surface area contributed by atoms with E-state index in [9.17, 15) is 4.39 Å². The van der Waals surface area contributed by atoms with E-state index in [-0.39, 0.29) is 5.82 Å². The van der Waals surface area contributed by atoms with E-state index in [1.165, 1.54) is 12.1 Å². The van der Waals surface area contributed by atoms with Crippen molar-refractivity contribution in [1.82, 2.24) is 19.7 Å². The zero-order chi connectivity index (χ0) is 18.6. The van der Waals surface area contributed by atoms with Gasteiger partial charge in [0.25, 0.3) is 0 Å². The van der Waals surface area contributed by atoms with E-state index < -0.39 is 0 Å². The molecule has 0 aliphatic rings. The Bertz CT molecular complexity index is 1060. The van der Waals surface area contributed by atoms with E-state index in [1.807, 2.05) is 55.6 Å². The Hall–Kier alpha value is -3.54. The van der Waals surface area contributed by atoms with Crippen molar-refractivity contribution in [3.8, 4) is 16.9 Å². The maximum absolute atomic E-state index is 13.5. The normalized spacial score (nSPS) is 10.7. The van der Waals surface area contributed by atoms with Crippen molar-refractivity contribution in [3.63, 3.8) is 0 Å². The Morgan fingerprint density at radius 1 is 1.04 bits per heavy atom. The maximum atomic E-state index is 13.5. The van der Waals surface area contributed by atoms with Crippen LogP contribution in [0.15, 0.2) is 73.1 Å². The number of anilines is 1. The summed E-state index contributed by atoms with van der Waals surface area (Å²) in [5.41, 5.74) is 4.28. The van der Waals surface area contributed by atoms with Crippen molar-refractivity contribution in [2.45, 2.75) is 13.5 Å². The van der Waals surface area contributed by atoms with Crippen LogP contribution >= 0.6 is 0 Å². The lowest BCUT2D eigenvalue weighted by Gasteiger charge is -2.06. The number of nitrogens with zero attached hydrogens (tertiary/aromatic N) is 4. The van der Waals surface area contributed by atoms with Gasteiger partial charge in [0, 0.05) is 24.5 Å². The van der Waals surface area contributed by atoms with E-state index in [1.54, 1.807) is 16.9 Å². The minimum absolute atomic E-state index is 0.295. The highest BCUT2D eigenvalue weighted by atomic mass is 19.1. The van der Waals surface area contributed by atoms with Gasteiger partial charge >= 0.3 is 0 Å². The van der Waals surface area contributed by atoms with E-state index in [4.69, 9.17) is 0 Å². The van der Waals surface area contributed by atoms with Crippen molar-refractivity contribution in [2.75, 3.05) is 5.32 Å². The van der Waals surface area contributed by atoms with Gasteiger partial charge in [-0.05, 0) is 36.8 Å². The maximum Gasteiger partial charge on any atom is 0.223 e. The molecule has 2 heterocycles. The monoisotopic (exact) mass is 359 g/mol. The number of rotatable bonds is 5. The fourth-order valence-electron chi connectivity index (χ4n) is 2.83. The summed E-state index contributed by atoms with van der Waals surface area (Å²) in [6.45, 7) is 2.55. The van der Waals surface area contributed by atoms with Crippen LogP contribution in [-0.2, 0) is 6.54 Å². The topological polar surface area (TPSA) is 55.6 Å². The lowest BCUT2D eigenvalue weighted by Crippen LogP contribution is -2.03. The molecule has 0 spiro atoms. The first-order valence-electron chi connectivity index (χ1n) is 8.62. The fourth-order valence-corrected chi connectivity index (χ4v) is 2.83. The van der Waals surface area contributed by atoms with Gasteiger partial charge in [-0.3, -0.25) is 0 Å². The van der Waals surface area contributed by atoms with Crippen LogP contribution in [-0.4, -0.2) is 19.7 Å². The molecule has 134 valence electrons. The third kappa shape index (κ3) is 3.84. The van der Waals surface area contributed by atoms with Gasteiger partial charge < -0.3 is 5.32 Å². The predicted octanol–water partition coefficient (Wildman–Crippen LogP) is 4.39. The Morgan fingerprint density at radius 2 is 1.89 bits per heavy atom. The summed E-state index contributed by atoms with van der Waals surface area (Å²) >= 11 is 0. The molecule has 0 bridgehead atoms. The van der Waals surface area contributed by atoms with Crippen LogP contribution in [0, 0.1) is 12.7 Å². The minimum Gasteiger partial charge on any atom is -0.350 e. The molecule has 4 rings (SSSR count). The van der Waals surface area contributed by atoms with Crippen LogP contribution in [0.25, 0.3) is 16.9 Å². The third-order valence-electron chi connectivity index (χ3n) is 4.20. The molecule has 6 heteroatoms. The van der Waals surface area contributed by atoms with Crippen LogP contribution in [0.3, 0.4) is 0 Å². The summed E-state index contributed by atoms with van der Waals surface area (Å²) < 4.78 is 15.2. The molecule has 0 saturated carbocycles. The summed E-state index contributed by atoms with van der Waals surface area (Å²) in [4.78, 5) is 8.88. The number of hydrogen-bond acceptors (Lipinski definition) is 4. The molecule has 0 aliphatic heterocycles. The van der Waals surface area contributed by atoms with Crippen molar-refractivity contribution >= 4 is 5.95 Å². The summed E-state index contributed by atoms with van der Waals surface area (Å²) in [5, 5.41) is 7.73. The van der Waals surface area contributed by atoms with Gasteiger partial charge in [-0.2, -0.15) is 5.10 Å². The second-order valence-electron chi connectivity index (χ2n) is 6.16. The summed E-state index contributed by atoms with van der Waals surface area (Å²) in [6, 6.07) is 18.3. The SMILES string of the molecule is Cc1nn(-c2cccc(F)c2)cc1-c1ccnc(NCc2ccccc2)n1. The first-order valence-corrected chi connectivity index (χ1v) is 8.62. The molecule has 27 heavy (non-hydrogen) atoms. The van der Waals surface area contributed by atoms with Gasteiger partial charge in [-0.15, -0.1) is 0 Å². The highest BCUT2D eigenvalue weighted by molar-refractivity contribution is 5.62. The summed E-state index contributed by atoms with van der Waals surface area (Å²) in [5.74, 6) is 0.255. The second-order valence-corrected chi connectivity index (χ2v) is 6.16. The van der Waals surface area contributed by atoms with Gasteiger partial charge in [0.2, 0.25) is 5.95 Å². The molecule has 4 aromatic rings. The van der Waals surface area contributed by atoms with Gasteiger partial charge in [0.15, 0.2) is 0 Å². The van der Waals surface area contributed by atoms with Gasteiger partial charge in [0.1, 0.15) is 5.82 Å². The first kappa shape index (κ1) is 16.9. The largest absolute Gasteiger partial charge is 0.350 e. The van der Waals surface area contributed by atoms with Crippen LogP contribution in [0.1, 0.15) is 11.3 Å². The van der Waals surface area contributed by atoms with Crippen molar-refractivity contribution < 1.29 is 4.39 Å². The molecule has 5 nitrogen and oxygen atoms in total. The molecular formula is C21H18FN5.